The first-order valence-corrected chi connectivity index (χ1v) is 9.46. The topological polar surface area (TPSA) is 77.1 Å². The quantitative estimate of drug-likeness (QED) is 0.547. The van der Waals surface area contributed by atoms with Crippen molar-refractivity contribution in [2.45, 2.75) is 56.5 Å². The number of hydrogen-bond donors (Lipinski definition) is 1. The molecule has 0 aliphatic rings. The number of carbonyl (C=O) groups is 1. The molecule has 0 aliphatic carbocycles. The molecule has 1 unspecified atom stereocenters. The summed E-state index contributed by atoms with van der Waals surface area (Å²) in [6.45, 7) is 4.41. The van der Waals surface area contributed by atoms with Crippen LogP contribution in [0.15, 0.2) is 38.8 Å². The molecule has 2 aromatic rings. The first-order chi connectivity index (χ1) is 12.0. The summed E-state index contributed by atoms with van der Waals surface area (Å²) < 4.78 is 6.75. The SMILES string of the molecule is CCCCC(Sc1nc(CC)cc(=O)n1C)C(=O)NCc1ccco1. The summed E-state index contributed by atoms with van der Waals surface area (Å²) in [6, 6.07) is 5.16. The Morgan fingerprint density at radius 2 is 2.24 bits per heavy atom. The Kier molecular flexibility index (Phi) is 7.31. The molecule has 1 N–H and O–H groups in total. The molecule has 0 radical (unpaired) electrons. The van der Waals surface area contributed by atoms with Crippen LogP contribution in [0.1, 0.15) is 44.6 Å². The smallest absolute Gasteiger partial charge is 0.254 e. The van der Waals surface area contributed by atoms with E-state index in [1.54, 1.807) is 25.4 Å². The van der Waals surface area contributed by atoms with Gasteiger partial charge in [-0.2, -0.15) is 0 Å². The molecule has 0 bridgehead atoms. The lowest BCUT2D eigenvalue weighted by molar-refractivity contribution is -0.120. The van der Waals surface area contributed by atoms with Gasteiger partial charge < -0.3 is 9.73 Å². The van der Waals surface area contributed by atoms with Crippen molar-refractivity contribution in [1.29, 1.82) is 0 Å². The summed E-state index contributed by atoms with van der Waals surface area (Å²) in [7, 11) is 1.69. The Hall–Kier alpha value is -2.02. The second-order valence-corrected chi connectivity index (χ2v) is 7.00. The van der Waals surface area contributed by atoms with Gasteiger partial charge in [0.1, 0.15) is 5.76 Å². The van der Waals surface area contributed by atoms with E-state index in [1.165, 1.54) is 16.3 Å². The molecule has 2 heterocycles. The highest BCUT2D eigenvalue weighted by molar-refractivity contribution is 8.00. The maximum Gasteiger partial charge on any atom is 0.254 e. The molecular weight excluding hydrogens is 338 g/mol. The van der Waals surface area contributed by atoms with Crippen LogP contribution in [0.25, 0.3) is 0 Å². The van der Waals surface area contributed by atoms with Crippen molar-refractivity contribution in [1.82, 2.24) is 14.9 Å². The lowest BCUT2D eigenvalue weighted by atomic mass is 10.2. The van der Waals surface area contributed by atoms with Crippen molar-refractivity contribution in [3.8, 4) is 0 Å². The van der Waals surface area contributed by atoms with Gasteiger partial charge in [-0.05, 0) is 25.0 Å². The van der Waals surface area contributed by atoms with E-state index < -0.39 is 0 Å². The second kappa shape index (κ2) is 9.46. The lowest BCUT2D eigenvalue weighted by Crippen LogP contribution is -2.33. The van der Waals surface area contributed by atoms with Gasteiger partial charge in [-0.1, -0.05) is 38.5 Å². The van der Waals surface area contributed by atoms with E-state index in [9.17, 15) is 9.59 Å². The molecule has 25 heavy (non-hydrogen) atoms. The van der Waals surface area contributed by atoms with Gasteiger partial charge in [-0.3, -0.25) is 14.2 Å². The van der Waals surface area contributed by atoms with Crippen molar-refractivity contribution >= 4 is 17.7 Å². The molecule has 2 rings (SSSR count). The molecule has 0 fully saturated rings. The molecule has 0 aromatic carbocycles. The number of furan rings is 1. The zero-order chi connectivity index (χ0) is 18.2. The van der Waals surface area contributed by atoms with E-state index in [4.69, 9.17) is 4.42 Å². The number of aryl methyl sites for hydroxylation is 1. The summed E-state index contributed by atoms with van der Waals surface area (Å²) >= 11 is 1.35. The molecule has 2 aromatic heterocycles. The summed E-state index contributed by atoms with van der Waals surface area (Å²) in [4.78, 5) is 29.2. The first kappa shape index (κ1) is 19.3. The number of rotatable bonds is 9. The zero-order valence-electron chi connectivity index (χ0n) is 14.9. The monoisotopic (exact) mass is 363 g/mol. The van der Waals surface area contributed by atoms with Crippen LogP contribution in [0, 0.1) is 0 Å². The number of amides is 1. The molecule has 0 saturated heterocycles. The molecule has 1 amide bonds. The predicted octanol–water partition coefficient (Wildman–Crippen LogP) is 2.90. The largest absolute Gasteiger partial charge is 0.467 e. The van der Waals surface area contributed by atoms with Gasteiger partial charge in [-0.15, -0.1) is 0 Å². The number of nitrogens with zero attached hydrogens (tertiary/aromatic N) is 2. The third-order valence-electron chi connectivity index (χ3n) is 3.89. The van der Waals surface area contributed by atoms with Crippen LogP contribution in [0.4, 0.5) is 0 Å². The predicted molar refractivity (Wildman–Crippen MR) is 98.6 cm³/mol. The van der Waals surface area contributed by atoms with Crippen LogP contribution in [0.5, 0.6) is 0 Å². The van der Waals surface area contributed by atoms with Crippen LogP contribution in [-0.2, 0) is 24.8 Å². The van der Waals surface area contributed by atoms with E-state index >= 15 is 0 Å². The van der Waals surface area contributed by atoms with E-state index in [0.717, 1.165) is 25.0 Å². The van der Waals surface area contributed by atoms with Crippen LogP contribution >= 0.6 is 11.8 Å². The van der Waals surface area contributed by atoms with Gasteiger partial charge in [-0.25, -0.2) is 4.98 Å². The maximum atomic E-state index is 12.6. The standard InChI is InChI=1S/C18H25N3O3S/c1-4-6-9-15(17(23)19-12-14-8-7-10-24-14)25-18-20-13(5-2)11-16(22)21(18)3/h7-8,10-11,15H,4-6,9,12H2,1-3H3,(H,19,23). The molecule has 136 valence electrons. The van der Waals surface area contributed by atoms with Crippen LogP contribution < -0.4 is 10.9 Å². The van der Waals surface area contributed by atoms with Gasteiger partial charge in [0.15, 0.2) is 5.16 Å². The van der Waals surface area contributed by atoms with Crippen molar-refractivity contribution in [3.05, 3.63) is 46.3 Å². The Bertz CT molecular complexity index is 741. The highest BCUT2D eigenvalue weighted by Gasteiger charge is 2.22. The number of carbonyl (C=O) groups excluding carboxylic acids is 1. The number of nitrogens with one attached hydrogen (secondary N) is 1. The van der Waals surface area contributed by atoms with E-state index in [1.807, 2.05) is 13.0 Å². The number of thioether (sulfide) groups is 1. The maximum absolute atomic E-state index is 12.6. The van der Waals surface area contributed by atoms with Gasteiger partial charge in [0.25, 0.3) is 5.56 Å². The van der Waals surface area contributed by atoms with Gasteiger partial charge in [0.2, 0.25) is 5.91 Å². The van der Waals surface area contributed by atoms with E-state index in [2.05, 4.69) is 17.2 Å². The third-order valence-corrected chi connectivity index (χ3v) is 5.20. The molecule has 7 heteroatoms. The molecule has 0 saturated carbocycles. The average Bonchev–Trinajstić information content (AvgIpc) is 3.13. The van der Waals surface area contributed by atoms with Gasteiger partial charge >= 0.3 is 0 Å². The highest BCUT2D eigenvalue weighted by atomic mass is 32.2. The number of hydrogen-bond acceptors (Lipinski definition) is 5. The summed E-state index contributed by atoms with van der Waals surface area (Å²) in [6.07, 6.45) is 4.95. The minimum atomic E-state index is -0.292. The summed E-state index contributed by atoms with van der Waals surface area (Å²) in [5.74, 6) is 0.650. The van der Waals surface area contributed by atoms with E-state index in [-0.39, 0.29) is 16.7 Å². The number of aromatic nitrogens is 2. The van der Waals surface area contributed by atoms with Gasteiger partial charge in [0, 0.05) is 18.8 Å². The molecule has 6 nitrogen and oxygen atoms in total. The second-order valence-electron chi connectivity index (χ2n) is 5.83. The average molecular weight is 363 g/mol. The summed E-state index contributed by atoms with van der Waals surface area (Å²) in [5.41, 5.74) is 0.649. The van der Waals surface area contributed by atoms with E-state index in [0.29, 0.717) is 23.9 Å². The molecular formula is C18H25N3O3S. The Labute approximate surface area is 152 Å². The highest BCUT2D eigenvalue weighted by Crippen LogP contribution is 2.25. The first-order valence-electron chi connectivity index (χ1n) is 8.58. The normalized spacial score (nSPS) is 12.1. The molecule has 0 spiro atoms. The van der Waals surface area contributed by atoms with Crippen LogP contribution in [0.2, 0.25) is 0 Å². The lowest BCUT2D eigenvalue weighted by Gasteiger charge is -2.17. The number of unbranched alkanes of at least 4 members (excludes halogenated alkanes) is 1. The van der Waals surface area contributed by atoms with Crippen LogP contribution in [-0.4, -0.2) is 20.7 Å². The Morgan fingerprint density at radius 3 is 2.88 bits per heavy atom. The van der Waals surface area contributed by atoms with Crippen molar-refractivity contribution in [2.24, 2.45) is 7.05 Å². The van der Waals surface area contributed by atoms with Crippen molar-refractivity contribution in [3.63, 3.8) is 0 Å². The zero-order valence-corrected chi connectivity index (χ0v) is 15.8. The van der Waals surface area contributed by atoms with Gasteiger partial charge in [0.05, 0.1) is 18.1 Å². The fraction of sp³-hybridized carbons (Fsp3) is 0.500. The van der Waals surface area contributed by atoms with Crippen LogP contribution in [0.3, 0.4) is 0 Å². The van der Waals surface area contributed by atoms with Crippen molar-refractivity contribution in [2.75, 3.05) is 0 Å². The minimum Gasteiger partial charge on any atom is -0.467 e. The summed E-state index contributed by atoms with van der Waals surface area (Å²) in [5, 5.41) is 3.20. The fourth-order valence-electron chi connectivity index (χ4n) is 2.31. The Morgan fingerprint density at radius 1 is 1.44 bits per heavy atom. The third kappa shape index (κ3) is 5.49. The van der Waals surface area contributed by atoms with Crippen molar-refractivity contribution < 1.29 is 9.21 Å². The fourth-order valence-corrected chi connectivity index (χ4v) is 3.46. The molecule has 1 atom stereocenters. The Balaban J connectivity index is 2.12. The molecule has 0 aliphatic heterocycles. The minimum absolute atomic E-state index is 0.0639.